The van der Waals surface area contributed by atoms with E-state index in [1.165, 1.54) is 51.5 Å². The quantitative estimate of drug-likeness (QED) is 0.146. The number of methoxy groups -OCH3 is 2. The molecule has 8 N–H and O–H groups in total. The molecular formula is C29H34O16. The summed E-state index contributed by atoms with van der Waals surface area (Å²) in [6.45, 7) is 0.864. The van der Waals surface area contributed by atoms with Crippen molar-refractivity contribution in [2.75, 3.05) is 20.8 Å². The van der Waals surface area contributed by atoms with Crippen molar-refractivity contribution in [3.8, 4) is 40.1 Å². The monoisotopic (exact) mass is 638 g/mol. The summed E-state index contributed by atoms with van der Waals surface area (Å²) in [4.78, 5) is 13.8. The first-order chi connectivity index (χ1) is 21.4. The molecule has 246 valence electrons. The van der Waals surface area contributed by atoms with E-state index in [1.807, 2.05) is 0 Å². The van der Waals surface area contributed by atoms with E-state index in [9.17, 15) is 45.6 Å². The maximum Gasteiger partial charge on any atom is 0.239 e. The number of rotatable bonds is 8. The molecule has 2 aliphatic heterocycles. The molecule has 5 rings (SSSR count). The Morgan fingerprint density at radius 1 is 0.778 bits per heavy atom. The number of phenolic OH excluding ortho intramolecular Hbond substituents is 2. The van der Waals surface area contributed by atoms with E-state index in [1.54, 1.807) is 0 Å². The van der Waals surface area contributed by atoms with Crippen molar-refractivity contribution in [1.82, 2.24) is 0 Å². The van der Waals surface area contributed by atoms with Crippen LogP contribution in [0.4, 0.5) is 0 Å². The Labute approximate surface area is 254 Å². The summed E-state index contributed by atoms with van der Waals surface area (Å²) < 4.78 is 38.5. The topological polar surface area (TPSA) is 247 Å². The molecule has 16 nitrogen and oxygen atoms in total. The molecule has 0 saturated carbocycles. The van der Waals surface area contributed by atoms with Gasteiger partial charge in [-0.15, -0.1) is 0 Å². The Morgan fingerprint density at radius 3 is 2.13 bits per heavy atom. The highest BCUT2D eigenvalue weighted by atomic mass is 16.7. The van der Waals surface area contributed by atoms with Crippen LogP contribution in [-0.2, 0) is 14.2 Å². The molecule has 0 spiro atoms. The number of aliphatic hydroxyl groups is 6. The van der Waals surface area contributed by atoms with E-state index in [0.29, 0.717) is 0 Å². The molecule has 3 aromatic rings. The lowest BCUT2D eigenvalue weighted by Gasteiger charge is -2.42. The molecule has 2 aromatic carbocycles. The molecule has 5 unspecified atom stereocenters. The number of fused-ring (bicyclic) bond motifs is 1. The van der Waals surface area contributed by atoms with E-state index in [0.717, 1.165) is 0 Å². The zero-order valence-corrected chi connectivity index (χ0v) is 24.2. The van der Waals surface area contributed by atoms with Crippen molar-refractivity contribution in [2.24, 2.45) is 0 Å². The Bertz CT molecular complexity index is 1570. The average molecular weight is 639 g/mol. The van der Waals surface area contributed by atoms with Gasteiger partial charge in [-0.2, -0.15) is 0 Å². The third kappa shape index (κ3) is 6.11. The Balaban J connectivity index is 1.50. The van der Waals surface area contributed by atoms with Gasteiger partial charge in [0.25, 0.3) is 0 Å². The predicted octanol–water partition coefficient (Wildman–Crippen LogP) is -1.08. The minimum absolute atomic E-state index is 0.105. The van der Waals surface area contributed by atoms with Gasteiger partial charge in [0.1, 0.15) is 65.2 Å². The van der Waals surface area contributed by atoms with Crippen LogP contribution in [0.25, 0.3) is 22.3 Å². The highest BCUT2D eigenvalue weighted by molar-refractivity contribution is 5.88. The summed E-state index contributed by atoms with van der Waals surface area (Å²) in [5.41, 5.74) is -0.936. The van der Waals surface area contributed by atoms with Crippen LogP contribution >= 0.6 is 0 Å². The predicted molar refractivity (Wildman–Crippen MR) is 150 cm³/mol. The summed E-state index contributed by atoms with van der Waals surface area (Å²) in [6, 6.07) is 6.54. The second kappa shape index (κ2) is 13.0. The van der Waals surface area contributed by atoms with Crippen LogP contribution in [0.2, 0.25) is 0 Å². The fourth-order valence-electron chi connectivity index (χ4n) is 5.11. The van der Waals surface area contributed by atoms with E-state index in [4.69, 9.17) is 32.8 Å². The van der Waals surface area contributed by atoms with Crippen LogP contribution < -0.4 is 19.6 Å². The van der Waals surface area contributed by atoms with Gasteiger partial charge in [0.2, 0.25) is 17.5 Å². The lowest BCUT2D eigenvalue weighted by atomic mass is 9.98. The molecular weight excluding hydrogens is 604 g/mol. The Hall–Kier alpha value is -3.71. The zero-order chi connectivity index (χ0) is 32.7. The standard InChI is InChI=1S/C29H34O16/c1-10-19(32)22(35)24(37)28(42-10)41-9-17-20(33)23(36)25(38)29(44-17)45-27-21(34)18-14(31)7-12(39-2)8-16(18)43-26(27)11-4-5-15(40-3)13(30)6-11/h4-8,10,17,19-20,22-25,28-33,35-38H,9H2,1-3H3/t10?,17-,19+,20?,22?,23+,24?,25?,28-,29+/m1/s1. The second-order valence-corrected chi connectivity index (χ2v) is 10.6. The van der Waals surface area contributed by atoms with Crippen LogP contribution in [0.1, 0.15) is 6.92 Å². The van der Waals surface area contributed by atoms with Crippen molar-refractivity contribution >= 4 is 11.0 Å². The van der Waals surface area contributed by atoms with Crippen molar-refractivity contribution in [1.29, 1.82) is 0 Å². The Kier molecular flexibility index (Phi) is 9.41. The highest BCUT2D eigenvalue weighted by Crippen LogP contribution is 2.40. The van der Waals surface area contributed by atoms with Crippen LogP contribution in [0.15, 0.2) is 39.5 Å². The number of phenols is 2. The van der Waals surface area contributed by atoms with Crippen LogP contribution in [0, 0.1) is 0 Å². The molecule has 2 fully saturated rings. The van der Waals surface area contributed by atoms with Gasteiger partial charge in [-0.25, -0.2) is 0 Å². The third-order valence-electron chi connectivity index (χ3n) is 7.72. The van der Waals surface area contributed by atoms with Gasteiger partial charge in [-0.05, 0) is 25.1 Å². The number of hydrogen-bond donors (Lipinski definition) is 8. The molecule has 2 saturated heterocycles. The van der Waals surface area contributed by atoms with Crippen LogP contribution in [-0.4, -0.2) is 123 Å². The fourth-order valence-corrected chi connectivity index (χ4v) is 5.11. The largest absolute Gasteiger partial charge is 0.507 e. The summed E-state index contributed by atoms with van der Waals surface area (Å²) in [7, 11) is 2.68. The van der Waals surface area contributed by atoms with Crippen LogP contribution in [0.5, 0.6) is 28.7 Å². The molecule has 0 amide bonds. The van der Waals surface area contributed by atoms with E-state index in [2.05, 4.69) is 0 Å². The van der Waals surface area contributed by atoms with Gasteiger partial charge in [-0.1, -0.05) is 0 Å². The molecule has 10 atom stereocenters. The highest BCUT2D eigenvalue weighted by Gasteiger charge is 2.47. The number of hydrogen-bond acceptors (Lipinski definition) is 16. The van der Waals surface area contributed by atoms with E-state index < -0.39 is 84.9 Å². The fraction of sp³-hybridized carbons (Fsp3) is 0.483. The number of ether oxygens (including phenoxy) is 6. The van der Waals surface area contributed by atoms with Crippen molar-refractivity contribution in [2.45, 2.75) is 68.3 Å². The van der Waals surface area contributed by atoms with Gasteiger partial charge >= 0.3 is 0 Å². The molecule has 0 bridgehead atoms. The maximum absolute atomic E-state index is 13.8. The second-order valence-electron chi connectivity index (χ2n) is 10.6. The van der Waals surface area contributed by atoms with Gasteiger partial charge in [0.15, 0.2) is 23.5 Å². The SMILES string of the molecule is COc1cc(O)c2c(=O)c(O[C@@H]3O[C@H](CO[C@@H]4OC(C)[C@H](O)C(O)C4O)C(O)[C@H](O)C3O)c(-c3ccc(OC)c(O)c3)oc2c1. The number of aliphatic hydroxyl groups excluding tert-OH is 6. The van der Waals surface area contributed by atoms with Gasteiger partial charge in [-0.3, -0.25) is 4.79 Å². The molecule has 45 heavy (non-hydrogen) atoms. The molecule has 0 radical (unpaired) electrons. The first kappa shape index (κ1) is 32.7. The molecule has 1 aromatic heterocycles. The Morgan fingerprint density at radius 2 is 1.47 bits per heavy atom. The summed E-state index contributed by atoms with van der Waals surface area (Å²) in [5, 5.41) is 82.9. The van der Waals surface area contributed by atoms with Gasteiger partial charge in [0, 0.05) is 17.7 Å². The third-order valence-corrected chi connectivity index (χ3v) is 7.72. The van der Waals surface area contributed by atoms with Crippen molar-refractivity contribution in [3.05, 3.63) is 40.6 Å². The normalized spacial score (nSPS) is 31.9. The number of aromatic hydroxyl groups is 2. The first-order valence-corrected chi connectivity index (χ1v) is 13.8. The van der Waals surface area contributed by atoms with Crippen molar-refractivity contribution in [3.63, 3.8) is 0 Å². The van der Waals surface area contributed by atoms with Crippen molar-refractivity contribution < 1.29 is 73.7 Å². The molecule has 2 aliphatic rings. The summed E-state index contributed by atoms with van der Waals surface area (Å²) >= 11 is 0. The smallest absolute Gasteiger partial charge is 0.239 e. The minimum atomic E-state index is -1.93. The van der Waals surface area contributed by atoms with Gasteiger partial charge in [0.05, 0.1) is 26.9 Å². The summed E-state index contributed by atoms with van der Waals surface area (Å²) in [5.74, 6) is -1.44. The van der Waals surface area contributed by atoms with Gasteiger partial charge < -0.3 is 73.7 Å². The summed E-state index contributed by atoms with van der Waals surface area (Å²) in [6.07, 6.45) is -15.9. The van der Waals surface area contributed by atoms with E-state index in [-0.39, 0.29) is 39.5 Å². The average Bonchev–Trinajstić information content (AvgIpc) is 3.02. The lowest BCUT2D eigenvalue weighted by Crippen LogP contribution is -2.61. The van der Waals surface area contributed by atoms with E-state index >= 15 is 0 Å². The maximum atomic E-state index is 13.8. The first-order valence-electron chi connectivity index (χ1n) is 13.8. The molecule has 0 aliphatic carbocycles. The van der Waals surface area contributed by atoms with Crippen LogP contribution in [0.3, 0.4) is 0 Å². The lowest BCUT2D eigenvalue weighted by molar-refractivity contribution is -0.318. The molecule has 3 heterocycles. The minimum Gasteiger partial charge on any atom is -0.507 e. The zero-order valence-electron chi connectivity index (χ0n) is 24.2. The molecule has 16 heteroatoms. The number of benzene rings is 2.